The lowest BCUT2D eigenvalue weighted by Gasteiger charge is -2.44. The summed E-state index contributed by atoms with van der Waals surface area (Å²) in [7, 11) is 0. The molecule has 2 aliphatic carbocycles. The fraction of sp³-hybridized carbons (Fsp3) is 1.00. The zero-order valence-corrected chi connectivity index (χ0v) is 14.1. The number of hydrogen-bond acceptors (Lipinski definition) is 2. The fourth-order valence-corrected chi connectivity index (χ4v) is 4.15. The summed E-state index contributed by atoms with van der Waals surface area (Å²) in [6, 6.07) is 0.856. The largest absolute Gasteiger partial charge is 0.313 e. The highest BCUT2D eigenvalue weighted by molar-refractivity contribution is 4.92. The van der Waals surface area contributed by atoms with Gasteiger partial charge in [0.25, 0.3) is 0 Å². The third kappa shape index (κ3) is 5.04. The summed E-state index contributed by atoms with van der Waals surface area (Å²) in [4.78, 5) is 2.74. The van der Waals surface area contributed by atoms with E-state index in [-0.39, 0.29) is 0 Å². The van der Waals surface area contributed by atoms with Crippen LogP contribution in [-0.4, -0.2) is 37.1 Å². The van der Waals surface area contributed by atoms with Crippen LogP contribution in [-0.2, 0) is 0 Å². The maximum Gasteiger partial charge on any atom is 0.00684 e. The van der Waals surface area contributed by atoms with Gasteiger partial charge >= 0.3 is 0 Å². The molecule has 0 aromatic rings. The standard InChI is InChI=1S/C18H36N2/c1-4-11-20(12-5-2)15-18(14-19-17-8-9-17)10-6-7-16(3)13-18/h16-17,19H,4-15H2,1-3H3. The van der Waals surface area contributed by atoms with Crippen molar-refractivity contribution in [2.75, 3.05) is 26.2 Å². The molecule has 2 fully saturated rings. The fourth-order valence-electron chi connectivity index (χ4n) is 4.15. The molecule has 0 aromatic heterocycles. The second-order valence-corrected chi connectivity index (χ2v) is 7.63. The molecule has 0 radical (unpaired) electrons. The molecule has 2 aliphatic rings. The minimum atomic E-state index is 0.560. The SMILES string of the molecule is CCCN(CCC)CC1(CNC2CC2)CCCC(C)C1. The van der Waals surface area contributed by atoms with Crippen LogP contribution in [0.3, 0.4) is 0 Å². The molecule has 1 N–H and O–H groups in total. The van der Waals surface area contributed by atoms with Crippen LogP contribution in [0.1, 0.15) is 72.1 Å². The molecule has 0 bridgehead atoms. The smallest absolute Gasteiger partial charge is 0.00684 e. The van der Waals surface area contributed by atoms with Gasteiger partial charge in [0.1, 0.15) is 0 Å². The Balaban J connectivity index is 1.95. The van der Waals surface area contributed by atoms with Gasteiger partial charge in [-0.15, -0.1) is 0 Å². The van der Waals surface area contributed by atoms with Crippen molar-refractivity contribution in [3.8, 4) is 0 Å². The summed E-state index contributed by atoms with van der Waals surface area (Å²) in [5.74, 6) is 0.926. The Bertz CT molecular complexity index is 269. The number of nitrogens with zero attached hydrogens (tertiary/aromatic N) is 1. The van der Waals surface area contributed by atoms with Crippen molar-refractivity contribution < 1.29 is 0 Å². The van der Waals surface area contributed by atoms with Gasteiger partial charge in [0.2, 0.25) is 0 Å². The topological polar surface area (TPSA) is 15.3 Å². The van der Waals surface area contributed by atoms with E-state index < -0.39 is 0 Å². The van der Waals surface area contributed by atoms with Crippen molar-refractivity contribution in [2.45, 2.75) is 78.2 Å². The average Bonchev–Trinajstić information content (AvgIpc) is 3.21. The minimum absolute atomic E-state index is 0.560. The van der Waals surface area contributed by atoms with Crippen molar-refractivity contribution in [1.82, 2.24) is 10.2 Å². The second kappa shape index (κ2) is 7.79. The van der Waals surface area contributed by atoms with Crippen LogP contribution in [0, 0.1) is 11.3 Å². The minimum Gasteiger partial charge on any atom is -0.313 e. The van der Waals surface area contributed by atoms with E-state index in [0.29, 0.717) is 5.41 Å². The van der Waals surface area contributed by atoms with Crippen LogP contribution in [0.2, 0.25) is 0 Å². The van der Waals surface area contributed by atoms with E-state index in [9.17, 15) is 0 Å². The lowest BCUT2D eigenvalue weighted by molar-refractivity contribution is 0.0793. The molecular formula is C18H36N2. The third-order valence-electron chi connectivity index (χ3n) is 5.17. The first-order valence-electron chi connectivity index (χ1n) is 9.13. The molecule has 2 heteroatoms. The van der Waals surface area contributed by atoms with E-state index in [0.717, 1.165) is 12.0 Å². The van der Waals surface area contributed by atoms with Gasteiger partial charge in [0.15, 0.2) is 0 Å². The van der Waals surface area contributed by atoms with Crippen molar-refractivity contribution in [3.63, 3.8) is 0 Å². The van der Waals surface area contributed by atoms with Gasteiger partial charge in [-0.2, -0.15) is 0 Å². The molecule has 118 valence electrons. The number of rotatable bonds is 9. The molecule has 0 amide bonds. The van der Waals surface area contributed by atoms with Crippen molar-refractivity contribution >= 4 is 0 Å². The Morgan fingerprint density at radius 3 is 2.35 bits per heavy atom. The van der Waals surface area contributed by atoms with Crippen LogP contribution in [0.25, 0.3) is 0 Å². The van der Waals surface area contributed by atoms with E-state index in [1.807, 2.05) is 0 Å². The highest BCUT2D eigenvalue weighted by Crippen LogP contribution is 2.40. The van der Waals surface area contributed by atoms with E-state index in [4.69, 9.17) is 0 Å². The average molecular weight is 280 g/mol. The molecule has 2 saturated carbocycles. The second-order valence-electron chi connectivity index (χ2n) is 7.63. The lowest BCUT2D eigenvalue weighted by Crippen LogP contribution is -2.47. The molecule has 20 heavy (non-hydrogen) atoms. The molecule has 2 atom stereocenters. The summed E-state index contributed by atoms with van der Waals surface area (Å²) >= 11 is 0. The Labute approximate surface area is 126 Å². The van der Waals surface area contributed by atoms with Gasteiger partial charge in [0.05, 0.1) is 0 Å². The molecule has 2 unspecified atom stereocenters. The van der Waals surface area contributed by atoms with Gasteiger partial charge < -0.3 is 10.2 Å². The molecule has 0 aromatic carbocycles. The first-order chi connectivity index (χ1) is 9.67. The maximum absolute atomic E-state index is 3.85. The Kier molecular flexibility index (Phi) is 6.35. The zero-order chi connectivity index (χ0) is 14.4. The molecule has 0 aliphatic heterocycles. The third-order valence-corrected chi connectivity index (χ3v) is 5.17. The predicted octanol–water partition coefficient (Wildman–Crippen LogP) is 4.06. The Morgan fingerprint density at radius 1 is 1.10 bits per heavy atom. The summed E-state index contributed by atoms with van der Waals surface area (Å²) in [5.41, 5.74) is 0.560. The van der Waals surface area contributed by atoms with Crippen LogP contribution in [0.15, 0.2) is 0 Å². The molecule has 0 spiro atoms. The molecule has 2 nitrogen and oxygen atoms in total. The summed E-state index contributed by atoms with van der Waals surface area (Å²) < 4.78 is 0. The first kappa shape index (κ1) is 16.3. The highest BCUT2D eigenvalue weighted by atomic mass is 15.1. The van der Waals surface area contributed by atoms with Gasteiger partial charge in [-0.1, -0.05) is 33.6 Å². The van der Waals surface area contributed by atoms with Crippen molar-refractivity contribution in [1.29, 1.82) is 0 Å². The van der Waals surface area contributed by atoms with Crippen LogP contribution in [0.5, 0.6) is 0 Å². The zero-order valence-electron chi connectivity index (χ0n) is 14.1. The van der Waals surface area contributed by atoms with Gasteiger partial charge in [-0.05, 0) is 62.9 Å². The summed E-state index contributed by atoms with van der Waals surface area (Å²) in [6.45, 7) is 12.3. The highest BCUT2D eigenvalue weighted by Gasteiger charge is 2.37. The normalized spacial score (nSPS) is 30.9. The van der Waals surface area contributed by atoms with Gasteiger partial charge in [-0.3, -0.25) is 0 Å². The van der Waals surface area contributed by atoms with Crippen molar-refractivity contribution in [2.24, 2.45) is 11.3 Å². The Morgan fingerprint density at radius 2 is 1.80 bits per heavy atom. The van der Waals surface area contributed by atoms with E-state index in [1.165, 1.54) is 77.5 Å². The van der Waals surface area contributed by atoms with Crippen LogP contribution < -0.4 is 5.32 Å². The summed E-state index contributed by atoms with van der Waals surface area (Å²) in [6.07, 6.45) is 11.2. The maximum atomic E-state index is 3.85. The predicted molar refractivity (Wildman–Crippen MR) is 88.1 cm³/mol. The van der Waals surface area contributed by atoms with Crippen LogP contribution in [0.4, 0.5) is 0 Å². The quantitative estimate of drug-likeness (QED) is 0.685. The monoisotopic (exact) mass is 280 g/mol. The van der Waals surface area contributed by atoms with Gasteiger partial charge in [-0.25, -0.2) is 0 Å². The van der Waals surface area contributed by atoms with Crippen molar-refractivity contribution in [3.05, 3.63) is 0 Å². The van der Waals surface area contributed by atoms with E-state index >= 15 is 0 Å². The number of nitrogens with one attached hydrogen (secondary N) is 1. The molecule has 2 rings (SSSR count). The van der Waals surface area contributed by atoms with E-state index in [2.05, 4.69) is 31.0 Å². The first-order valence-corrected chi connectivity index (χ1v) is 9.13. The summed E-state index contributed by atoms with van der Waals surface area (Å²) in [5, 5.41) is 3.85. The van der Waals surface area contributed by atoms with Crippen LogP contribution >= 0.6 is 0 Å². The molecule has 0 saturated heterocycles. The molecule has 0 heterocycles. The number of hydrogen-bond donors (Lipinski definition) is 1. The van der Waals surface area contributed by atoms with E-state index in [1.54, 1.807) is 0 Å². The Hall–Kier alpha value is -0.0800. The lowest BCUT2D eigenvalue weighted by atomic mass is 9.69. The van der Waals surface area contributed by atoms with Gasteiger partial charge in [0, 0.05) is 19.1 Å². The molecular weight excluding hydrogens is 244 g/mol.